The first-order valence-electron chi connectivity index (χ1n) is 3.31. The van der Waals surface area contributed by atoms with Crippen LogP contribution in [-0.4, -0.2) is 18.3 Å². The highest BCUT2D eigenvalue weighted by Gasteiger charge is 2.16. The molecule has 0 aromatic rings. The topological polar surface area (TPSA) is 12.0 Å². The van der Waals surface area contributed by atoms with Gasteiger partial charge in [-0.15, -0.1) is 0 Å². The first-order valence-corrected chi connectivity index (χ1v) is 3.31. The van der Waals surface area contributed by atoms with Crippen LogP contribution >= 0.6 is 0 Å². The monoisotopic (exact) mass is 133 g/mol. The molecule has 0 unspecified atom stereocenters. The van der Waals surface area contributed by atoms with Crippen LogP contribution in [0.5, 0.6) is 0 Å². The van der Waals surface area contributed by atoms with E-state index in [4.69, 9.17) is 0 Å². The lowest BCUT2D eigenvalue weighted by Crippen LogP contribution is -2.45. The largest absolute Gasteiger partial charge is 0.307 e. The van der Waals surface area contributed by atoms with Crippen LogP contribution in [0.3, 0.4) is 0 Å². The molecule has 0 bridgehead atoms. The molecule has 0 aromatic carbocycles. The van der Waals surface area contributed by atoms with Crippen LogP contribution in [0.25, 0.3) is 0 Å². The molecule has 0 aliphatic carbocycles. The van der Waals surface area contributed by atoms with Crippen LogP contribution in [0, 0.1) is 0 Å². The predicted octanol–water partition coefficient (Wildman–Crippen LogP) is 1.73. The highest BCUT2D eigenvalue weighted by atomic mass is 19.1. The van der Waals surface area contributed by atoms with E-state index in [1.54, 1.807) is 0 Å². The molecule has 0 aromatic heterocycles. The summed E-state index contributed by atoms with van der Waals surface area (Å²) in [7, 11) is 0. The number of hydrogen-bond donors (Lipinski definition) is 1. The van der Waals surface area contributed by atoms with E-state index in [0.717, 1.165) is 0 Å². The molecule has 2 heteroatoms. The minimum Gasteiger partial charge on any atom is -0.307 e. The van der Waals surface area contributed by atoms with Crippen molar-refractivity contribution < 1.29 is 4.39 Å². The molecule has 0 spiro atoms. The van der Waals surface area contributed by atoms with Gasteiger partial charge in [-0.05, 0) is 13.8 Å². The maximum absolute atomic E-state index is 12.1. The van der Waals surface area contributed by atoms with E-state index in [2.05, 4.69) is 5.32 Å². The summed E-state index contributed by atoms with van der Waals surface area (Å²) in [6.07, 6.45) is 0. The average molecular weight is 133 g/mol. The van der Waals surface area contributed by atoms with Crippen molar-refractivity contribution in [2.45, 2.75) is 39.3 Å². The first kappa shape index (κ1) is 8.89. The molecule has 0 rings (SSSR count). The second-order valence-electron chi connectivity index (χ2n) is 3.32. The molecule has 0 aliphatic rings. The zero-order valence-electron chi connectivity index (χ0n) is 6.66. The molecule has 1 N–H and O–H groups in total. The van der Waals surface area contributed by atoms with Crippen LogP contribution in [0.2, 0.25) is 0 Å². The van der Waals surface area contributed by atoms with E-state index in [0.29, 0.717) is 6.04 Å². The molecule has 0 saturated heterocycles. The minimum absolute atomic E-state index is 0.314. The maximum Gasteiger partial charge on any atom is 0.107 e. The van der Waals surface area contributed by atoms with E-state index < -0.39 is 0 Å². The number of hydrogen-bond acceptors (Lipinski definition) is 1. The molecule has 0 saturated carbocycles. The average Bonchev–Trinajstić information content (AvgIpc) is 1.63. The van der Waals surface area contributed by atoms with E-state index in [1.165, 1.54) is 0 Å². The maximum atomic E-state index is 12.1. The fourth-order valence-corrected chi connectivity index (χ4v) is 0.820. The van der Waals surface area contributed by atoms with Gasteiger partial charge in [-0.3, -0.25) is 0 Å². The van der Waals surface area contributed by atoms with Crippen molar-refractivity contribution in [3.05, 3.63) is 0 Å². The third-order valence-corrected chi connectivity index (χ3v) is 1.01. The summed E-state index contributed by atoms with van der Waals surface area (Å²) >= 11 is 0. The van der Waals surface area contributed by atoms with E-state index in [-0.39, 0.29) is 12.2 Å². The van der Waals surface area contributed by atoms with Gasteiger partial charge in [0.05, 0.1) is 0 Å². The van der Waals surface area contributed by atoms with Crippen molar-refractivity contribution in [3.8, 4) is 0 Å². The molecule has 9 heavy (non-hydrogen) atoms. The standard InChI is InChI=1S/C7H16FN/c1-6(2)9-7(3,4)5-8/h6,9H,5H2,1-4H3. The molecule has 0 radical (unpaired) electrons. The molecule has 0 atom stereocenters. The molecule has 0 aliphatic heterocycles. The molecule has 0 amide bonds. The smallest absolute Gasteiger partial charge is 0.107 e. The van der Waals surface area contributed by atoms with Crippen LogP contribution in [0.15, 0.2) is 0 Å². The summed E-state index contributed by atoms with van der Waals surface area (Å²) in [5, 5.41) is 3.09. The Morgan fingerprint density at radius 1 is 1.44 bits per heavy atom. The zero-order valence-corrected chi connectivity index (χ0v) is 6.66. The van der Waals surface area contributed by atoms with Gasteiger partial charge in [0.1, 0.15) is 6.67 Å². The van der Waals surface area contributed by atoms with Gasteiger partial charge >= 0.3 is 0 Å². The number of alkyl halides is 1. The second kappa shape index (κ2) is 3.16. The lowest BCUT2D eigenvalue weighted by molar-refractivity contribution is 0.271. The Bertz CT molecular complexity index is 79.0. The van der Waals surface area contributed by atoms with Crippen molar-refractivity contribution in [2.75, 3.05) is 6.67 Å². The quantitative estimate of drug-likeness (QED) is 0.618. The zero-order chi connectivity index (χ0) is 7.49. The fraction of sp³-hybridized carbons (Fsp3) is 1.00. The Hall–Kier alpha value is -0.110. The highest BCUT2D eigenvalue weighted by molar-refractivity contribution is 4.77. The number of halogens is 1. The summed E-state index contributed by atoms with van der Waals surface area (Å²) < 4.78 is 12.1. The van der Waals surface area contributed by atoms with Gasteiger partial charge in [-0.2, -0.15) is 0 Å². The van der Waals surface area contributed by atoms with Crippen LogP contribution in [0.4, 0.5) is 4.39 Å². The van der Waals surface area contributed by atoms with Gasteiger partial charge in [0.25, 0.3) is 0 Å². The van der Waals surface area contributed by atoms with Gasteiger partial charge in [0, 0.05) is 11.6 Å². The normalized spacial score (nSPS) is 12.7. The fourth-order valence-electron chi connectivity index (χ4n) is 0.820. The van der Waals surface area contributed by atoms with Crippen LogP contribution in [0.1, 0.15) is 27.7 Å². The van der Waals surface area contributed by atoms with Gasteiger partial charge < -0.3 is 5.32 Å². The minimum atomic E-state index is -0.353. The Labute approximate surface area is 56.6 Å². The Morgan fingerprint density at radius 3 is 2.00 bits per heavy atom. The van der Waals surface area contributed by atoms with Gasteiger partial charge in [0.15, 0.2) is 0 Å². The van der Waals surface area contributed by atoms with Gasteiger partial charge in [-0.25, -0.2) is 4.39 Å². The SMILES string of the molecule is CC(C)NC(C)(C)CF. The summed E-state index contributed by atoms with van der Waals surface area (Å²) in [5.41, 5.74) is -0.353. The molecular weight excluding hydrogens is 117 g/mol. The van der Waals surface area contributed by atoms with Crippen molar-refractivity contribution >= 4 is 0 Å². The summed E-state index contributed by atoms with van der Waals surface area (Å²) in [4.78, 5) is 0. The van der Waals surface area contributed by atoms with Crippen LogP contribution in [-0.2, 0) is 0 Å². The van der Waals surface area contributed by atoms with E-state index in [1.807, 2.05) is 27.7 Å². The van der Waals surface area contributed by atoms with E-state index >= 15 is 0 Å². The number of rotatable bonds is 3. The van der Waals surface area contributed by atoms with E-state index in [9.17, 15) is 4.39 Å². The summed E-state index contributed by atoms with van der Waals surface area (Å²) in [6, 6.07) is 0.357. The second-order valence-corrected chi connectivity index (χ2v) is 3.32. The van der Waals surface area contributed by atoms with Crippen molar-refractivity contribution in [1.82, 2.24) is 5.32 Å². The molecular formula is C7H16FN. The highest BCUT2D eigenvalue weighted by Crippen LogP contribution is 2.03. The summed E-state index contributed by atoms with van der Waals surface area (Å²) in [5.74, 6) is 0. The Balaban J connectivity index is 3.58. The van der Waals surface area contributed by atoms with Crippen molar-refractivity contribution in [2.24, 2.45) is 0 Å². The molecule has 56 valence electrons. The van der Waals surface area contributed by atoms with Gasteiger partial charge in [0.2, 0.25) is 0 Å². The molecule has 1 nitrogen and oxygen atoms in total. The Kier molecular flexibility index (Phi) is 3.12. The summed E-state index contributed by atoms with van der Waals surface area (Å²) in [6.45, 7) is 7.42. The van der Waals surface area contributed by atoms with Crippen LogP contribution < -0.4 is 5.32 Å². The predicted molar refractivity (Wildman–Crippen MR) is 38.3 cm³/mol. The third-order valence-electron chi connectivity index (χ3n) is 1.01. The lowest BCUT2D eigenvalue weighted by atomic mass is 10.1. The number of nitrogens with one attached hydrogen (secondary N) is 1. The molecule has 0 fully saturated rings. The lowest BCUT2D eigenvalue weighted by Gasteiger charge is -2.24. The van der Waals surface area contributed by atoms with Gasteiger partial charge in [-0.1, -0.05) is 13.8 Å². The first-order chi connectivity index (χ1) is 3.98. The van der Waals surface area contributed by atoms with Crippen molar-refractivity contribution in [1.29, 1.82) is 0 Å². The third kappa shape index (κ3) is 4.40. The molecule has 0 heterocycles. The Morgan fingerprint density at radius 2 is 1.89 bits per heavy atom. The van der Waals surface area contributed by atoms with Crippen molar-refractivity contribution in [3.63, 3.8) is 0 Å².